The summed E-state index contributed by atoms with van der Waals surface area (Å²) in [6.45, 7) is 0. The summed E-state index contributed by atoms with van der Waals surface area (Å²) in [5, 5.41) is 4.96. The molecule has 10 aromatic rings. The zero-order valence-electron chi connectivity index (χ0n) is 31.5. The Morgan fingerprint density at radius 1 is 0.228 bits per heavy atom. The fourth-order valence-corrected chi connectivity index (χ4v) is 8.34. The average Bonchev–Trinajstić information content (AvgIpc) is 3.30. The van der Waals surface area contributed by atoms with Gasteiger partial charge in [0, 0.05) is 16.9 Å². The summed E-state index contributed by atoms with van der Waals surface area (Å²) in [7, 11) is 0. The predicted octanol–water partition coefficient (Wildman–Crippen LogP) is 15.8. The Balaban J connectivity index is 1.23. The summed E-state index contributed by atoms with van der Waals surface area (Å²) in [5.74, 6) is 0. The van der Waals surface area contributed by atoms with Crippen molar-refractivity contribution in [3.8, 4) is 55.6 Å². The topological polar surface area (TPSA) is 3.24 Å². The zero-order chi connectivity index (χ0) is 38.0. The van der Waals surface area contributed by atoms with Gasteiger partial charge in [-0.05, 0) is 108 Å². The van der Waals surface area contributed by atoms with E-state index in [1.54, 1.807) is 0 Å². The number of hydrogen-bond donors (Lipinski definition) is 0. The van der Waals surface area contributed by atoms with E-state index >= 15 is 0 Å². The lowest BCUT2D eigenvalue weighted by Gasteiger charge is -2.30. The first-order chi connectivity index (χ1) is 28.3. The van der Waals surface area contributed by atoms with Crippen LogP contribution in [0.2, 0.25) is 0 Å². The Morgan fingerprint density at radius 2 is 0.684 bits per heavy atom. The average molecular weight is 726 g/mol. The van der Waals surface area contributed by atoms with Gasteiger partial charge >= 0.3 is 0 Å². The molecular formula is C56H39N. The third-order valence-electron chi connectivity index (χ3n) is 11.0. The minimum atomic E-state index is 1.09. The minimum Gasteiger partial charge on any atom is -0.310 e. The number of anilines is 3. The summed E-state index contributed by atoms with van der Waals surface area (Å²) in [4.78, 5) is 2.46. The third kappa shape index (κ3) is 6.56. The van der Waals surface area contributed by atoms with E-state index in [2.05, 4.69) is 241 Å². The van der Waals surface area contributed by atoms with Gasteiger partial charge in [-0.15, -0.1) is 0 Å². The highest BCUT2D eigenvalue weighted by molar-refractivity contribution is 6.09. The van der Waals surface area contributed by atoms with Crippen LogP contribution < -0.4 is 4.90 Å². The molecule has 0 saturated carbocycles. The SMILES string of the molecule is c1ccc(-c2cc(-c3ccccc3)cc(N(c3ccc4c(ccc5ccccc54)c3)c3ccccc3-c3ccccc3-c3ccccc3-c3ccccc3)c2)cc1. The smallest absolute Gasteiger partial charge is 0.0540 e. The second-order valence-corrected chi connectivity index (χ2v) is 14.5. The quantitative estimate of drug-likeness (QED) is 0.141. The van der Waals surface area contributed by atoms with E-state index < -0.39 is 0 Å². The molecule has 0 heterocycles. The van der Waals surface area contributed by atoms with Gasteiger partial charge in [-0.2, -0.15) is 0 Å². The van der Waals surface area contributed by atoms with Crippen LogP contribution in [-0.2, 0) is 0 Å². The van der Waals surface area contributed by atoms with Crippen LogP contribution in [0.25, 0.3) is 77.2 Å². The van der Waals surface area contributed by atoms with Crippen LogP contribution in [0, 0.1) is 0 Å². The molecule has 268 valence electrons. The van der Waals surface area contributed by atoms with Crippen LogP contribution in [0.1, 0.15) is 0 Å². The molecule has 0 atom stereocenters. The lowest BCUT2D eigenvalue weighted by Crippen LogP contribution is -2.12. The van der Waals surface area contributed by atoms with E-state index in [4.69, 9.17) is 0 Å². The molecule has 1 heteroatoms. The lowest BCUT2D eigenvalue weighted by atomic mass is 9.88. The Labute approximate surface area is 334 Å². The van der Waals surface area contributed by atoms with Crippen molar-refractivity contribution < 1.29 is 0 Å². The maximum Gasteiger partial charge on any atom is 0.0540 e. The van der Waals surface area contributed by atoms with Crippen LogP contribution in [0.4, 0.5) is 17.1 Å². The van der Waals surface area contributed by atoms with Crippen molar-refractivity contribution in [2.45, 2.75) is 0 Å². The zero-order valence-corrected chi connectivity index (χ0v) is 31.5. The van der Waals surface area contributed by atoms with Crippen molar-refractivity contribution in [1.29, 1.82) is 0 Å². The largest absolute Gasteiger partial charge is 0.310 e. The number of fused-ring (bicyclic) bond motifs is 3. The number of para-hydroxylation sites is 1. The minimum absolute atomic E-state index is 1.09. The van der Waals surface area contributed by atoms with Gasteiger partial charge in [-0.25, -0.2) is 0 Å². The lowest BCUT2D eigenvalue weighted by molar-refractivity contribution is 1.29. The Kier molecular flexibility index (Phi) is 8.95. The molecule has 0 fully saturated rings. The first-order valence-corrected chi connectivity index (χ1v) is 19.6. The monoisotopic (exact) mass is 725 g/mol. The van der Waals surface area contributed by atoms with E-state index in [-0.39, 0.29) is 0 Å². The Morgan fingerprint density at radius 3 is 1.33 bits per heavy atom. The highest BCUT2D eigenvalue weighted by Gasteiger charge is 2.22. The summed E-state index contributed by atoms with van der Waals surface area (Å²) < 4.78 is 0. The maximum atomic E-state index is 2.46. The fraction of sp³-hybridized carbons (Fsp3) is 0. The molecule has 1 nitrogen and oxygen atoms in total. The van der Waals surface area contributed by atoms with Gasteiger partial charge in [-0.1, -0.05) is 200 Å². The van der Waals surface area contributed by atoms with Crippen molar-refractivity contribution in [3.05, 3.63) is 237 Å². The summed E-state index contributed by atoms with van der Waals surface area (Å²) in [5.41, 5.74) is 15.1. The molecule has 10 rings (SSSR count). The summed E-state index contributed by atoms with van der Waals surface area (Å²) in [6.07, 6.45) is 0. The van der Waals surface area contributed by atoms with Crippen molar-refractivity contribution in [2.75, 3.05) is 4.90 Å². The summed E-state index contributed by atoms with van der Waals surface area (Å²) >= 11 is 0. The van der Waals surface area contributed by atoms with Crippen LogP contribution in [0.5, 0.6) is 0 Å². The molecule has 57 heavy (non-hydrogen) atoms. The molecule has 0 aliphatic carbocycles. The third-order valence-corrected chi connectivity index (χ3v) is 11.0. The van der Waals surface area contributed by atoms with Crippen molar-refractivity contribution in [2.24, 2.45) is 0 Å². The molecule has 0 saturated heterocycles. The van der Waals surface area contributed by atoms with E-state index in [0.29, 0.717) is 0 Å². The molecule has 0 aliphatic heterocycles. The van der Waals surface area contributed by atoms with E-state index in [1.807, 2.05) is 0 Å². The van der Waals surface area contributed by atoms with Gasteiger partial charge in [0.05, 0.1) is 5.69 Å². The number of rotatable bonds is 8. The van der Waals surface area contributed by atoms with Gasteiger partial charge in [-0.3, -0.25) is 0 Å². The van der Waals surface area contributed by atoms with Gasteiger partial charge in [0.2, 0.25) is 0 Å². The van der Waals surface area contributed by atoms with Crippen molar-refractivity contribution >= 4 is 38.6 Å². The Bertz CT molecular complexity index is 2950. The molecule has 0 aliphatic rings. The fourth-order valence-electron chi connectivity index (χ4n) is 8.34. The summed E-state index contributed by atoms with van der Waals surface area (Å²) in [6, 6.07) is 85.8. The molecule has 0 spiro atoms. The van der Waals surface area contributed by atoms with Crippen LogP contribution in [0.3, 0.4) is 0 Å². The van der Waals surface area contributed by atoms with Crippen molar-refractivity contribution in [1.82, 2.24) is 0 Å². The molecule has 0 bridgehead atoms. The number of nitrogens with zero attached hydrogens (tertiary/aromatic N) is 1. The molecule has 0 N–H and O–H groups in total. The predicted molar refractivity (Wildman–Crippen MR) is 243 cm³/mol. The van der Waals surface area contributed by atoms with Crippen LogP contribution in [0.15, 0.2) is 237 Å². The van der Waals surface area contributed by atoms with Crippen LogP contribution in [-0.4, -0.2) is 0 Å². The molecule has 0 radical (unpaired) electrons. The van der Waals surface area contributed by atoms with Gasteiger partial charge in [0.15, 0.2) is 0 Å². The normalized spacial score (nSPS) is 11.2. The molecule has 10 aromatic carbocycles. The molecule has 0 amide bonds. The van der Waals surface area contributed by atoms with Crippen molar-refractivity contribution in [3.63, 3.8) is 0 Å². The van der Waals surface area contributed by atoms with Gasteiger partial charge < -0.3 is 4.90 Å². The van der Waals surface area contributed by atoms with E-state index in [9.17, 15) is 0 Å². The van der Waals surface area contributed by atoms with Gasteiger partial charge in [0.25, 0.3) is 0 Å². The van der Waals surface area contributed by atoms with E-state index in [0.717, 1.165) is 22.6 Å². The number of benzene rings is 10. The molecule has 0 aromatic heterocycles. The van der Waals surface area contributed by atoms with Gasteiger partial charge in [0.1, 0.15) is 0 Å². The highest BCUT2D eigenvalue weighted by atomic mass is 15.1. The second kappa shape index (κ2) is 15.0. The molecule has 0 unspecified atom stereocenters. The second-order valence-electron chi connectivity index (χ2n) is 14.5. The Hall–Kier alpha value is -7.48. The first-order valence-electron chi connectivity index (χ1n) is 19.6. The van der Waals surface area contributed by atoms with Crippen LogP contribution >= 0.6 is 0 Å². The molecular weight excluding hydrogens is 687 g/mol. The standard InChI is InChI=1S/C56H39N/c1-4-18-40(19-5-1)45-36-46(41-20-6-2-7-21-41)39-48(38-45)57(47-34-35-51-44(37-47)33-32-43-24-10-11-25-49(43)51)56-31-17-16-30-55(56)54-29-15-14-28-53(54)52-27-13-12-26-50(52)42-22-8-3-9-23-42/h1-39H. The van der Waals surface area contributed by atoms with E-state index in [1.165, 1.54) is 71.6 Å². The number of hydrogen-bond acceptors (Lipinski definition) is 1. The highest BCUT2D eigenvalue weighted by Crippen LogP contribution is 2.47. The maximum absolute atomic E-state index is 2.46. The first kappa shape index (κ1) is 34.0.